The molecule has 0 aromatic heterocycles. The van der Waals surface area contributed by atoms with Crippen LogP contribution in [0, 0.1) is 6.92 Å². The van der Waals surface area contributed by atoms with E-state index in [1.165, 1.54) is 16.9 Å². The van der Waals surface area contributed by atoms with Crippen molar-refractivity contribution in [2.24, 2.45) is 5.73 Å². The molecular weight excluding hydrogens is 312 g/mol. The lowest BCUT2D eigenvalue weighted by Gasteiger charge is -2.26. The number of nitrogens with zero attached hydrogens (tertiary/aromatic N) is 1. The van der Waals surface area contributed by atoms with E-state index in [-0.39, 0.29) is 6.04 Å². The number of aryl methyl sites for hydroxylation is 1. The van der Waals surface area contributed by atoms with Gasteiger partial charge in [-0.1, -0.05) is 40.2 Å². The van der Waals surface area contributed by atoms with E-state index < -0.39 is 0 Å². The topological polar surface area (TPSA) is 29.3 Å². The molecule has 0 aliphatic carbocycles. The summed E-state index contributed by atoms with van der Waals surface area (Å²) in [6, 6.07) is 14.9. The highest BCUT2D eigenvalue weighted by atomic mass is 79.9. The predicted octanol–water partition coefficient (Wildman–Crippen LogP) is 4.94. The fraction of sp³-hybridized carbons (Fsp3) is 0.294. The second kappa shape index (κ2) is 6.42. The molecule has 0 heterocycles. The van der Waals surface area contributed by atoms with Crippen LogP contribution < -0.4 is 10.6 Å². The van der Waals surface area contributed by atoms with Gasteiger partial charge >= 0.3 is 0 Å². The van der Waals surface area contributed by atoms with Gasteiger partial charge in [-0.25, -0.2) is 0 Å². The maximum atomic E-state index is 5.96. The van der Waals surface area contributed by atoms with Crippen LogP contribution in [-0.4, -0.2) is 6.54 Å². The summed E-state index contributed by atoms with van der Waals surface area (Å²) in [6.45, 7) is 7.23. The summed E-state index contributed by atoms with van der Waals surface area (Å²) in [5.41, 5.74) is 10.8. The second-order valence-corrected chi connectivity index (χ2v) is 5.88. The SMILES string of the molecule is CCN(c1ccc(C(C)N)c(Br)c1)c1ccccc1C. The molecule has 0 radical (unpaired) electrons. The van der Waals surface area contributed by atoms with Crippen LogP contribution in [0.3, 0.4) is 0 Å². The Labute approximate surface area is 129 Å². The molecule has 0 aliphatic rings. The Morgan fingerprint density at radius 2 is 1.90 bits per heavy atom. The van der Waals surface area contributed by atoms with Crippen molar-refractivity contribution < 1.29 is 0 Å². The molecule has 0 bridgehead atoms. The first-order valence-electron chi connectivity index (χ1n) is 6.92. The quantitative estimate of drug-likeness (QED) is 0.859. The molecule has 0 saturated heterocycles. The smallest absolute Gasteiger partial charge is 0.0440 e. The molecule has 106 valence electrons. The number of rotatable bonds is 4. The van der Waals surface area contributed by atoms with Crippen LogP contribution in [0.4, 0.5) is 11.4 Å². The lowest BCUT2D eigenvalue weighted by atomic mass is 10.1. The van der Waals surface area contributed by atoms with Gasteiger partial charge in [0.15, 0.2) is 0 Å². The molecule has 2 nitrogen and oxygen atoms in total. The molecule has 2 aromatic rings. The van der Waals surface area contributed by atoms with Gasteiger partial charge in [-0.2, -0.15) is 0 Å². The van der Waals surface area contributed by atoms with Crippen molar-refractivity contribution >= 4 is 27.3 Å². The highest BCUT2D eigenvalue weighted by Gasteiger charge is 2.12. The lowest BCUT2D eigenvalue weighted by molar-refractivity contribution is 0.813. The normalized spacial score (nSPS) is 12.2. The van der Waals surface area contributed by atoms with Crippen molar-refractivity contribution in [2.75, 3.05) is 11.4 Å². The van der Waals surface area contributed by atoms with Crippen LogP contribution in [0.25, 0.3) is 0 Å². The number of nitrogens with two attached hydrogens (primary N) is 1. The van der Waals surface area contributed by atoms with Crippen molar-refractivity contribution in [2.45, 2.75) is 26.8 Å². The summed E-state index contributed by atoms with van der Waals surface area (Å²) in [5, 5.41) is 0. The first-order valence-corrected chi connectivity index (χ1v) is 7.72. The van der Waals surface area contributed by atoms with E-state index in [0.717, 1.165) is 16.6 Å². The number of para-hydroxylation sites is 1. The minimum Gasteiger partial charge on any atom is -0.342 e. The maximum absolute atomic E-state index is 5.96. The Hall–Kier alpha value is -1.32. The third-order valence-corrected chi connectivity index (χ3v) is 4.20. The summed E-state index contributed by atoms with van der Waals surface area (Å²) >= 11 is 3.63. The number of anilines is 2. The number of hydrogen-bond donors (Lipinski definition) is 1. The van der Waals surface area contributed by atoms with E-state index in [0.29, 0.717) is 0 Å². The molecule has 2 aromatic carbocycles. The summed E-state index contributed by atoms with van der Waals surface area (Å²) in [6.07, 6.45) is 0. The average molecular weight is 333 g/mol. The van der Waals surface area contributed by atoms with Crippen molar-refractivity contribution in [1.29, 1.82) is 0 Å². The van der Waals surface area contributed by atoms with E-state index in [2.05, 4.69) is 77.1 Å². The van der Waals surface area contributed by atoms with Gasteiger partial charge in [0.1, 0.15) is 0 Å². The predicted molar refractivity (Wildman–Crippen MR) is 90.6 cm³/mol. The van der Waals surface area contributed by atoms with Crippen molar-refractivity contribution in [3.05, 3.63) is 58.1 Å². The molecule has 0 fully saturated rings. The molecule has 0 aliphatic heterocycles. The van der Waals surface area contributed by atoms with Crippen LogP contribution >= 0.6 is 15.9 Å². The van der Waals surface area contributed by atoms with E-state index in [4.69, 9.17) is 5.73 Å². The molecule has 0 amide bonds. The largest absolute Gasteiger partial charge is 0.342 e. The highest BCUT2D eigenvalue weighted by molar-refractivity contribution is 9.10. The molecule has 2 N–H and O–H groups in total. The van der Waals surface area contributed by atoms with Crippen LogP contribution in [0.2, 0.25) is 0 Å². The molecular formula is C17H21BrN2. The van der Waals surface area contributed by atoms with E-state index in [9.17, 15) is 0 Å². The number of hydrogen-bond acceptors (Lipinski definition) is 2. The Kier molecular flexibility index (Phi) is 4.84. The van der Waals surface area contributed by atoms with Crippen LogP contribution in [-0.2, 0) is 0 Å². The summed E-state index contributed by atoms with van der Waals surface area (Å²) in [5.74, 6) is 0. The third-order valence-electron chi connectivity index (χ3n) is 3.51. The van der Waals surface area contributed by atoms with Gasteiger partial charge in [0.2, 0.25) is 0 Å². The third kappa shape index (κ3) is 3.05. The zero-order valence-corrected chi connectivity index (χ0v) is 13.8. The van der Waals surface area contributed by atoms with Crippen LogP contribution in [0.15, 0.2) is 46.9 Å². The number of benzene rings is 2. The van der Waals surface area contributed by atoms with Crippen molar-refractivity contribution in [3.8, 4) is 0 Å². The van der Waals surface area contributed by atoms with E-state index >= 15 is 0 Å². The molecule has 20 heavy (non-hydrogen) atoms. The lowest BCUT2D eigenvalue weighted by Crippen LogP contribution is -2.17. The fourth-order valence-corrected chi connectivity index (χ4v) is 3.14. The minimum absolute atomic E-state index is 0.0342. The Balaban J connectivity index is 2.43. The molecule has 0 saturated carbocycles. The van der Waals surface area contributed by atoms with Crippen molar-refractivity contribution in [1.82, 2.24) is 0 Å². The molecule has 3 heteroatoms. The monoisotopic (exact) mass is 332 g/mol. The zero-order chi connectivity index (χ0) is 14.7. The first-order chi connectivity index (χ1) is 9.54. The minimum atomic E-state index is 0.0342. The Morgan fingerprint density at radius 3 is 2.45 bits per heavy atom. The Bertz CT molecular complexity index is 593. The van der Waals surface area contributed by atoms with Gasteiger partial charge in [0, 0.05) is 28.4 Å². The molecule has 0 spiro atoms. The first kappa shape index (κ1) is 15.1. The Morgan fingerprint density at radius 1 is 1.20 bits per heavy atom. The second-order valence-electron chi connectivity index (χ2n) is 5.03. The van der Waals surface area contributed by atoms with Gasteiger partial charge in [-0.05, 0) is 50.1 Å². The van der Waals surface area contributed by atoms with Crippen LogP contribution in [0.1, 0.15) is 31.0 Å². The fourth-order valence-electron chi connectivity index (χ4n) is 2.41. The average Bonchev–Trinajstić information content (AvgIpc) is 2.41. The van der Waals surface area contributed by atoms with E-state index in [1.807, 2.05) is 6.92 Å². The standard InChI is InChI=1S/C17H21BrN2/c1-4-20(17-8-6-5-7-12(17)2)14-9-10-15(13(3)19)16(18)11-14/h5-11,13H,4,19H2,1-3H3. The van der Waals surface area contributed by atoms with Gasteiger partial charge in [0.05, 0.1) is 0 Å². The summed E-state index contributed by atoms with van der Waals surface area (Å²) < 4.78 is 1.07. The maximum Gasteiger partial charge on any atom is 0.0440 e. The molecule has 2 rings (SSSR count). The molecule has 1 atom stereocenters. The number of halogens is 1. The van der Waals surface area contributed by atoms with Gasteiger partial charge < -0.3 is 10.6 Å². The van der Waals surface area contributed by atoms with Gasteiger partial charge in [0.25, 0.3) is 0 Å². The van der Waals surface area contributed by atoms with Crippen molar-refractivity contribution in [3.63, 3.8) is 0 Å². The van der Waals surface area contributed by atoms with Gasteiger partial charge in [-0.15, -0.1) is 0 Å². The summed E-state index contributed by atoms with van der Waals surface area (Å²) in [4.78, 5) is 2.31. The summed E-state index contributed by atoms with van der Waals surface area (Å²) in [7, 11) is 0. The molecule has 1 unspecified atom stereocenters. The highest BCUT2D eigenvalue weighted by Crippen LogP contribution is 2.32. The van der Waals surface area contributed by atoms with Crippen LogP contribution in [0.5, 0.6) is 0 Å². The van der Waals surface area contributed by atoms with E-state index in [1.54, 1.807) is 0 Å². The van der Waals surface area contributed by atoms with Gasteiger partial charge in [-0.3, -0.25) is 0 Å². The zero-order valence-electron chi connectivity index (χ0n) is 12.2.